The quantitative estimate of drug-likeness (QED) is 0.689. The van der Waals surface area contributed by atoms with E-state index in [0.717, 1.165) is 6.29 Å². The molecule has 0 spiro atoms. The van der Waals surface area contributed by atoms with Crippen LogP contribution in [0, 0.1) is 6.92 Å². The molecule has 60 valence electrons. The molecule has 1 aromatic rings. The number of aldehydes is 1. The van der Waals surface area contributed by atoms with E-state index in [9.17, 15) is 4.79 Å². The average molecular weight is 169 g/mol. The van der Waals surface area contributed by atoms with Gasteiger partial charge in [0.15, 0.2) is 0 Å². The zero-order chi connectivity index (χ0) is 8.27. The fourth-order valence-corrected chi connectivity index (χ4v) is 1.84. The van der Waals surface area contributed by atoms with E-state index in [4.69, 9.17) is 5.73 Å². The molecule has 2 nitrogen and oxygen atoms in total. The monoisotopic (exact) mass is 169 g/mol. The summed E-state index contributed by atoms with van der Waals surface area (Å²) in [5.74, 6) is 0. The number of thiophene rings is 1. The fourth-order valence-electron chi connectivity index (χ4n) is 0.875. The minimum Gasteiger partial charge on any atom is -0.321 e. The molecular weight excluding hydrogens is 158 g/mol. The Kier molecular flexibility index (Phi) is 2.79. The summed E-state index contributed by atoms with van der Waals surface area (Å²) in [6.45, 7) is 2.04. The fraction of sp³-hybridized carbons (Fsp3) is 0.375. The lowest BCUT2D eigenvalue weighted by atomic mass is 10.2. The second kappa shape index (κ2) is 3.64. The first kappa shape index (κ1) is 8.43. The van der Waals surface area contributed by atoms with Gasteiger partial charge in [-0.1, -0.05) is 0 Å². The molecule has 1 unspecified atom stereocenters. The van der Waals surface area contributed by atoms with E-state index in [0.29, 0.717) is 6.42 Å². The molecule has 1 aromatic heterocycles. The highest BCUT2D eigenvalue weighted by Crippen LogP contribution is 2.15. The molecule has 0 aliphatic heterocycles. The van der Waals surface area contributed by atoms with Gasteiger partial charge >= 0.3 is 0 Å². The van der Waals surface area contributed by atoms with Gasteiger partial charge in [0.2, 0.25) is 0 Å². The molecule has 1 heterocycles. The van der Waals surface area contributed by atoms with Crippen molar-refractivity contribution < 1.29 is 4.79 Å². The largest absolute Gasteiger partial charge is 0.321 e. The molecule has 0 aliphatic carbocycles. The predicted molar refractivity (Wildman–Crippen MR) is 46.8 cm³/mol. The average Bonchev–Trinajstić information content (AvgIpc) is 2.35. The predicted octanol–water partition coefficient (Wildman–Crippen LogP) is 1.13. The highest BCUT2D eigenvalue weighted by Gasteiger charge is 2.02. The van der Waals surface area contributed by atoms with Crippen LogP contribution in [0.5, 0.6) is 0 Å². The van der Waals surface area contributed by atoms with Crippen molar-refractivity contribution in [3.05, 3.63) is 21.9 Å². The van der Waals surface area contributed by atoms with Crippen LogP contribution in [0.2, 0.25) is 0 Å². The van der Waals surface area contributed by atoms with Gasteiger partial charge in [-0.3, -0.25) is 0 Å². The molecule has 0 aromatic carbocycles. The Bertz CT molecular complexity index is 244. The summed E-state index contributed by atoms with van der Waals surface area (Å²) in [5.41, 5.74) is 5.45. The van der Waals surface area contributed by atoms with Crippen LogP contribution in [-0.2, 0) is 11.2 Å². The van der Waals surface area contributed by atoms with Crippen molar-refractivity contribution in [2.75, 3.05) is 0 Å². The Hall–Kier alpha value is -0.670. The van der Waals surface area contributed by atoms with Crippen molar-refractivity contribution in [2.24, 2.45) is 5.73 Å². The third kappa shape index (κ3) is 2.44. The zero-order valence-corrected chi connectivity index (χ0v) is 7.23. The minimum atomic E-state index is -0.340. The van der Waals surface area contributed by atoms with Gasteiger partial charge in [0, 0.05) is 16.2 Å². The van der Waals surface area contributed by atoms with Crippen molar-refractivity contribution in [2.45, 2.75) is 19.4 Å². The summed E-state index contributed by atoms with van der Waals surface area (Å²) in [6, 6.07) is 3.72. The van der Waals surface area contributed by atoms with Crippen LogP contribution < -0.4 is 5.73 Å². The van der Waals surface area contributed by atoms with Crippen molar-refractivity contribution >= 4 is 17.6 Å². The van der Waals surface area contributed by atoms with E-state index >= 15 is 0 Å². The topological polar surface area (TPSA) is 43.1 Å². The van der Waals surface area contributed by atoms with Crippen molar-refractivity contribution in [1.29, 1.82) is 0 Å². The summed E-state index contributed by atoms with van der Waals surface area (Å²) in [5, 5.41) is 0. The van der Waals surface area contributed by atoms with Crippen LogP contribution in [0.15, 0.2) is 12.1 Å². The molecule has 11 heavy (non-hydrogen) atoms. The van der Waals surface area contributed by atoms with Crippen LogP contribution in [-0.4, -0.2) is 12.3 Å². The van der Waals surface area contributed by atoms with Gasteiger partial charge in [-0.2, -0.15) is 0 Å². The molecule has 1 rings (SSSR count). The lowest BCUT2D eigenvalue weighted by Crippen LogP contribution is -2.23. The highest BCUT2D eigenvalue weighted by atomic mass is 32.1. The number of hydrogen-bond acceptors (Lipinski definition) is 3. The Labute approximate surface area is 70.0 Å². The standard InChI is InChI=1S/C8H11NOS/c1-6-2-3-8(11-6)4-7(9)5-10/h2-3,5,7H,4,9H2,1H3. The van der Waals surface area contributed by atoms with Gasteiger partial charge in [-0.05, 0) is 19.1 Å². The lowest BCUT2D eigenvalue weighted by Gasteiger charge is -1.98. The van der Waals surface area contributed by atoms with E-state index < -0.39 is 0 Å². The molecule has 2 N–H and O–H groups in total. The number of nitrogens with two attached hydrogens (primary N) is 1. The van der Waals surface area contributed by atoms with E-state index in [-0.39, 0.29) is 6.04 Å². The highest BCUT2D eigenvalue weighted by molar-refractivity contribution is 7.11. The van der Waals surface area contributed by atoms with Gasteiger partial charge in [0.05, 0.1) is 6.04 Å². The van der Waals surface area contributed by atoms with Crippen LogP contribution in [0.25, 0.3) is 0 Å². The number of hydrogen-bond donors (Lipinski definition) is 1. The molecule has 0 saturated carbocycles. The summed E-state index contributed by atoms with van der Waals surface area (Å²) in [7, 11) is 0. The lowest BCUT2D eigenvalue weighted by molar-refractivity contribution is -0.108. The number of aryl methyl sites for hydroxylation is 1. The third-order valence-corrected chi connectivity index (χ3v) is 2.43. The smallest absolute Gasteiger partial charge is 0.137 e. The second-order valence-electron chi connectivity index (χ2n) is 2.52. The Balaban J connectivity index is 2.57. The molecule has 0 amide bonds. The van der Waals surface area contributed by atoms with Crippen LogP contribution in [0.3, 0.4) is 0 Å². The van der Waals surface area contributed by atoms with Crippen LogP contribution >= 0.6 is 11.3 Å². The number of rotatable bonds is 3. The molecular formula is C8H11NOS. The molecule has 0 aliphatic rings. The molecule has 0 radical (unpaired) electrons. The second-order valence-corrected chi connectivity index (χ2v) is 3.89. The minimum absolute atomic E-state index is 0.340. The first-order valence-corrected chi connectivity index (χ1v) is 4.30. The van der Waals surface area contributed by atoms with Gasteiger partial charge in [-0.15, -0.1) is 11.3 Å². The number of carbonyl (C=O) groups excluding carboxylic acids is 1. The molecule has 3 heteroatoms. The normalized spacial score (nSPS) is 12.9. The van der Waals surface area contributed by atoms with Crippen LogP contribution in [0.4, 0.5) is 0 Å². The summed E-state index contributed by atoms with van der Waals surface area (Å²) in [4.78, 5) is 12.6. The summed E-state index contributed by atoms with van der Waals surface area (Å²) < 4.78 is 0. The maximum atomic E-state index is 10.2. The first-order chi connectivity index (χ1) is 5.22. The molecule has 0 fully saturated rings. The van der Waals surface area contributed by atoms with Crippen molar-refractivity contribution in [3.8, 4) is 0 Å². The van der Waals surface area contributed by atoms with Gasteiger partial charge in [0.25, 0.3) is 0 Å². The summed E-state index contributed by atoms with van der Waals surface area (Å²) >= 11 is 1.69. The number of carbonyl (C=O) groups is 1. The van der Waals surface area contributed by atoms with Crippen molar-refractivity contribution in [1.82, 2.24) is 0 Å². The third-order valence-electron chi connectivity index (χ3n) is 1.41. The summed E-state index contributed by atoms with van der Waals surface area (Å²) in [6.07, 6.45) is 1.46. The van der Waals surface area contributed by atoms with E-state index in [1.165, 1.54) is 9.75 Å². The van der Waals surface area contributed by atoms with E-state index in [2.05, 4.69) is 0 Å². The van der Waals surface area contributed by atoms with Crippen molar-refractivity contribution in [3.63, 3.8) is 0 Å². The molecule has 0 saturated heterocycles. The zero-order valence-electron chi connectivity index (χ0n) is 6.41. The Morgan fingerprint density at radius 1 is 1.73 bits per heavy atom. The van der Waals surface area contributed by atoms with E-state index in [1.807, 2.05) is 19.1 Å². The molecule has 1 atom stereocenters. The molecule has 0 bridgehead atoms. The first-order valence-electron chi connectivity index (χ1n) is 3.48. The van der Waals surface area contributed by atoms with Gasteiger partial charge < -0.3 is 10.5 Å². The Morgan fingerprint density at radius 3 is 2.91 bits per heavy atom. The maximum absolute atomic E-state index is 10.2. The van der Waals surface area contributed by atoms with Crippen LogP contribution in [0.1, 0.15) is 9.75 Å². The Morgan fingerprint density at radius 2 is 2.45 bits per heavy atom. The van der Waals surface area contributed by atoms with Gasteiger partial charge in [-0.25, -0.2) is 0 Å². The SMILES string of the molecule is Cc1ccc(CC(N)C=O)s1. The maximum Gasteiger partial charge on any atom is 0.137 e. The van der Waals surface area contributed by atoms with E-state index in [1.54, 1.807) is 11.3 Å². The van der Waals surface area contributed by atoms with Gasteiger partial charge in [0.1, 0.15) is 6.29 Å².